The Balaban J connectivity index is 2.30. The molecule has 0 aliphatic heterocycles. The average Bonchev–Trinajstić information content (AvgIpc) is 2.29. The van der Waals surface area contributed by atoms with Crippen LogP contribution in [-0.2, 0) is 6.42 Å². The molecule has 0 spiro atoms. The zero-order valence-electron chi connectivity index (χ0n) is 8.43. The van der Waals surface area contributed by atoms with Gasteiger partial charge in [0.05, 0.1) is 11.6 Å². The van der Waals surface area contributed by atoms with E-state index in [2.05, 4.69) is 4.98 Å². The van der Waals surface area contributed by atoms with Crippen LogP contribution in [0.5, 0.6) is 0 Å². The van der Waals surface area contributed by atoms with E-state index in [-0.39, 0.29) is 6.54 Å². The summed E-state index contributed by atoms with van der Waals surface area (Å²) in [5.41, 5.74) is 7.36. The van der Waals surface area contributed by atoms with E-state index in [1.165, 1.54) is 0 Å². The number of nitrogens with two attached hydrogens (primary N) is 1. The third-order valence-corrected chi connectivity index (χ3v) is 2.39. The number of benzene rings is 1. The van der Waals surface area contributed by atoms with Gasteiger partial charge in [0.15, 0.2) is 0 Å². The Labute approximate surface area is 88.6 Å². The Hall–Kier alpha value is -1.45. The minimum absolute atomic E-state index is 0.285. The van der Waals surface area contributed by atoms with E-state index in [4.69, 9.17) is 5.73 Å². The number of aromatic nitrogens is 1. The van der Waals surface area contributed by atoms with Crippen molar-refractivity contribution in [2.75, 3.05) is 6.54 Å². The average molecular weight is 202 g/mol. The van der Waals surface area contributed by atoms with E-state index in [0.29, 0.717) is 6.42 Å². The van der Waals surface area contributed by atoms with Gasteiger partial charge in [-0.1, -0.05) is 18.2 Å². The fourth-order valence-electron chi connectivity index (χ4n) is 1.58. The van der Waals surface area contributed by atoms with Gasteiger partial charge in [-0.15, -0.1) is 0 Å². The number of para-hydroxylation sites is 1. The molecule has 3 nitrogen and oxygen atoms in total. The molecule has 0 saturated heterocycles. The Morgan fingerprint density at radius 3 is 2.93 bits per heavy atom. The largest absolute Gasteiger partial charge is 0.391 e. The van der Waals surface area contributed by atoms with Crippen LogP contribution in [0, 0.1) is 0 Å². The minimum atomic E-state index is -0.479. The summed E-state index contributed by atoms with van der Waals surface area (Å²) in [5, 5.41) is 10.5. The van der Waals surface area contributed by atoms with Gasteiger partial charge in [0.1, 0.15) is 0 Å². The molecule has 2 rings (SSSR count). The number of fused-ring (bicyclic) bond motifs is 1. The van der Waals surface area contributed by atoms with Gasteiger partial charge in [0.25, 0.3) is 0 Å². The van der Waals surface area contributed by atoms with Crippen LogP contribution in [0.4, 0.5) is 0 Å². The van der Waals surface area contributed by atoms with Gasteiger partial charge in [-0.2, -0.15) is 0 Å². The molecule has 1 aromatic heterocycles. The first kappa shape index (κ1) is 10.1. The maximum Gasteiger partial charge on any atom is 0.0703 e. The molecule has 0 saturated carbocycles. The van der Waals surface area contributed by atoms with E-state index in [9.17, 15) is 5.11 Å². The summed E-state index contributed by atoms with van der Waals surface area (Å²) in [6.45, 7) is 0.285. The molecule has 3 N–H and O–H groups in total. The van der Waals surface area contributed by atoms with Crippen molar-refractivity contribution in [1.29, 1.82) is 0 Å². The smallest absolute Gasteiger partial charge is 0.0703 e. The Kier molecular flexibility index (Phi) is 2.94. The zero-order valence-corrected chi connectivity index (χ0v) is 8.43. The lowest BCUT2D eigenvalue weighted by atomic mass is 10.1. The summed E-state index contributed by atoms with van der Waals surface area (Å²) in [5.74, 6) is 0. The Morgan fingerprint density at radius 2 is 2.13 bits per heavy atom. The normalized spacial score (nSPS) is 12.9. The molecule has 1 aromatic carbocycles. The van der Waals surface area contributed by atoms with Gasteiger partial charge in [-0.05, 0) is 17.7 Å². The van der Waals surface area contributed by atoms with Crippen molar-refractivity contribution in [3.05, 3.63) is 42.1 Å². The predicted molar refractivity (Wildman–Crippen MR) is 60.5 cm³/mol. The Bertz CT molecular complexity index is 456. The van der Waals surface area contributed by atoms with Crippen LogP contribution in [0.3, 0.4) is 0 Å². The molecule has 78 valence electrons. The lowest BCUT2D eigenvalue weighted by Crippen LogP contribution is -2.21. The predicted octanol–water partition coefficient (Wildman–Crippen LogP) is 1.10. The molecule has 0 amide bonds. The van der Waals surface area contributed by atoms with E-state index >= 15 is 0 Å². The molecule has 1 atom stereocenters. The number of aliphatic hydroxyl groups is 1. The molecule has 0 fully saturated rings. The van der Waals surface area contributed by atoms with Crippen molar-refractivity contribution in [3.8, 4) is 0 Å². The maximum atomic E-state index is 9.43. The summed E-state index contributed by atoms with van der Waals surface area (Å²) in [7, 11) is 0. The maximum absolute atomic E-state index is 9.43. The molecular formula is C12H14N2O. The molecule has 1 heterocycles. The lowest BCUT2D eigenvalue weighted by molar-refractivity contribution is 0.183. The molecule has 0 aliphatic rings. The SMILES string of the molecule is NCC(O)Cc1cnc2ccccc2c1. The second kappa shape index (κ2) is 4.38. The monoisotopic (exact) mass is 202 g/mol. The molecule has 0 radical (unpaired) electrons. The second-order valence-electron chi connectivity index (χ2n) is 3.63. The van der Waals surface area contributed by atoms with Gasteiger partial charge >= 0.3 is 0 Å². The van der Waals surface area contributed by atoms with Crippen LogP contribution in [0.2, 0.25) is 0 Å². The standard InChI is InChI=1S/C12H14N2O/c13-7-11(15)6-9-5-10-3-1-2-4-12(10)14-8-9/h1-5,8,11,15H,6-7,13H2. The van der Waals surface area contributed by atoms with Gasteiger partial charge in [-0.25, -0.2) is 0 Å². The number of rotatable bonds is 3. The quantitative estimate of drug-likeness (QED) is 0.783. The topological polar surface area (TPSA) is 59.1 Å². The molecule has 0 bridgehead atoms. The van der Waals surface area contributed by atoms with Crippen molar-refractivity contribution in [3.63, 3.8) is 0 Å². The number of pyridine rings is 1. The fraction of sp³-hybridized carbons (Fsp3) is 0.250. The second-order valence-corrected chi connectivity index (χ2v) is 3.63. The van der Waals surface area contributed by atoms with Gasteiger partial charge < -0.3 is 10.8 Å². The third kappa shape index (κ3) is 2.32. The summed E-state index contributed by atoms with van der Waals surface area (Å²) >= 11 is 0. The van der Waals surface area contributed by atoms with Crippen LogP contribution < -0.4 is 5.73 Å². The molecule has 1 unspecified atom stereocenters. The molecule has 3 heteroatoms. The highest BCUT2D eigenvalue weighted by atomic mass is 16.3. The van der Waals surface area contributed by atoms with E-state index in [0.717, 1.165) is 16.5 Å². The number of hydrogen-bond acceptors (Lipinski definition) is 3. The van der Waals surface area contributed by atoms with Gasteiger partial charge in [0, 0.05) is 24.5 Å². The van der Waals surface area contributed by atoms with Crippen LogP contribution in [0.1, 0.15) is 5.56 Å². The summed E-state index contributed by atoms with van der Waals surface area (Å²) in [4.78, 5) is 4.32. The van der Waals surface area contributed by atoms with E-state index < -0.39 is 6.10 Å². The molecule has 15 heavy (non-hydrogen) atoms. The van der Waals surface area contributed by atoms with Gasteiger partial charge in [0.2, 0.25) is 0 Å². The highest BCUT2D eigenvalue weighted by molar-refractivity contribution is 5.78. The summed E-state index contributed by atoms with van der Waals surface area (Å²) in [6, 6.07) is 9.97. The molecule has 2 aromatic rings. The number of hydrogen-bond donors (Lipinski definition) is 2. The Morgan fingerprint density at radius 1 is 1.33 bits per heavy atom. The van der Waals surface area contributed by atoms with Crippen molar-refractivity contribution >= 4 is 10.9 Å². The van der Waals surface area contributed by atoms with Crippen LogP contribution in [-0.4, -0.2) is 22.7 Å². The van der Waals surface area contributed by atoms with E-state index in [1.807, 2.05) is 30.3 Å². The molecular weight excluding hydrogens is 188 g/mol. The molecule has 0 aliphatic carbocycles. The fourth-order valence-corrected chi connectivity index (χ4v) is 1.58. The summed E-state index contributed by atoms with van der Waals surface area (Å²) in [6.07, 6.45) is 1.88. The van der Waals surface area contributed by atoms with Crippen molar-refractivity contribution in [2.24, 2.45) is 5.73 Å². The number of aliphatic hydroxyl groups excluding tert-OH is 1. The first-order valence-electron chi connectivity index (χ1n) is 5.01. The van der Waals surface area contributed by atoms with Crippen molar-refractivity contribution < 1.29 is 5.11 Å². The highest BCUT2D eigenvalue weighted by Crippen LogP contribution is 2.13. The van der Waals surface area contributed by atoms with Crippen LogP contribution in [0.25, 0.3) is 10.9 Å². The number of nitrogens with zero attached hydrogens (tertiary/aromatic N) is 1. The minimum Gasteiger partial charge on any atom is -0.391 e. The highest BCUT2D eigenvalue weighted by Gasteiger charge is 2.04. The van der Waals surface area contributed by atoms with Crippen LogP contribution >= 0.6 is 0 Å². The zero-order chi connectivity index (χ0) is 10.7. The van der Waals surface area contributed by atoms with Crippen molar-refractivity contribution in [1.82, 2.24) is 4.98 Å². The van der Waals surface area contributed by atoms with Crippen molar-refractivity contribution in [2.45, 2.75) is 12.5 Å². The van der Waals surface area contributed by atoms with E-state index in [1.54, 1.807) is 6.20 Å². The first-order chi connectivity index (χ1) is 7.29. The first-order valence-corrected chi connectivity index (χ1v) is 5.01. The lowest BCUT2D eigenvalue weighted by Gasteiger charge is -2.07. The summed E-state index contributed by atoms with van der Waals surface area (Å²) < 4.78 is 0. The van der Waals surface area contributed by atoms with Crippen LogP contribution in [0.15, 0.2) is 36.5 Å². The third-order valence-electron chi connectivity index (χ3n) is 2.39. The van der Waals surface area contributed by atoms with Gasteiger partial charge in [-0.3, -0.25) is 4.98 Å².